The van der Waals surface area contributed by atoms with E-state index in [4.69, 9.17) is 0 Å². The van der Waals surface area contributed by atoms with Gasteiger partial charge in [-0.1, -0.05) is 18.2 Å². The van der Waals surface area contributed by atoms with Gasteiger partial charge in [0.05, 0.1) is 0 Å². The highest BCUT2D eigenvalue weighted by molar-refractivity contribution is 5.31. The van der Waals surface area contributed by atoms with Crippen molar-refractivity contribution in [2.45, 2.75) is 19.5 Å². The summed E-state index contributed by atoms with van der Waals surface area (Å²) in [5.41, 5.74) is 2.10. The van der Waals surface area contributed by atoms with E-state index in [0.717, 1.165) is 5.56 Å². The molecule has 17 heavy (non-hydrogen) atoms. The van der Waals surface area contributed by atoms with Crippen LogP contribution in [0.2, 0.25) is 0 Å². The third-order valence-electron chi connectivity index (χ3n) is 2.80. The Bertz CT molecular complexity index is 471. The first kappa shape index (κ1) is 11.6. The van der Waals surface area contributed by atoms with Gasteiger partial charge in [-0.2, -0.15) is 0 Å². The van der Waals surface area contributed by atoms with E-state index in [1.165, 1.54) is 5.56 Å². The van der Waals surface area contributed by atoms with E-state index < -0.39 is 0 Å². The van der Waals surface area contributed by atoms with Gasteiger partial charge < -0.3 is 10.4 Å². The van der Waals surface area contributed by atoms with Gasteiger partial charge in [0, 0.05) is 30.5 Å². The molecule has 0 aliphatic carbocycles. The number of benzene rings is 1. The fraction of sp³-hybridized carbons (Fsp3) is 0.214. The lowest BCUT2D eigenvalue weighted by atomic mass is 10.1. The lowest BCUT2D eigenvalue weighted by molar-refractivity contribution is 0.460. The Kier molecular flexibility index (Phi) is 3.73. The SMILES string of the molecule is C[C@H](NCc1ccccc1O)c1ccncc1. The Hall–Kier alpha value is -1.87. The minimum Gasteiger partial charge on any atom is -0.508 e. The Balaban J connectivity index is 1.97. The summed E-state index contributed by atoms with van der Waals surface area (Å²) in [6.45, 7) is 2.74. The van der Waals surface area contributed by atoms with Crippen LogP contribution in [0.25, 0.3) is 0 Å². The van der Waals surface area contributed by atoms with Gasteiger partial charge in [-0.05, 0) is 30.7 Å². The highest BCUT2D eigenvalue weighted by atomic mass is 16.3. The molecule has 1 atom stereocenters. The summed E-state index contributed by atoms with van der Waals surface area (Å²) in [7, 11) is 0. The molecule has 0 fully saturated rings. The molecule has 2 rings (SSSR count). The molecule has 2 aromatic rings. The van der Waals surface area contributed by atoms with E-state index in [1.807, 2.05) is 30.3 Å². The molecule has 2 N–H and O–H groups in total. The minimum absolute atomic E-state index is 0.234. The second-order valence-corrected chi connectivity index (χ2v) is 4.01. The Morgan fingerprint density at radius 3 is 2.59 bits per heavy atom. The van der Waals surface area contributed by atoms with Crippen LogP contribution in [0.3, 0.4) is 0 Å². The van der Waals surface area contributed by atoms with Gasteiger partial charge >= 0.3 is 0 Å². The number of nitrogens with zero attached hydrogens (tertiary/aromatic N) is 1. The zero-order chi connectivity index (χ0) is 12.1. The first-order chi connectivity index (χ1) is 8.27. The summed E-state index contributed by atoms with van der Waals surface area (Å²) in [5, 5.41) is 13.0. The molecule has 0 unspecified atom stereocenters. The molecular weight excluding hydrogens is 212 g/mol. The van der Waals surface area contributed by atoms with Crippen LogP contribution in [0.1, 0.15) is 24.1 Å². The molecular formula is C14H16N2O. The average Bonchev–Trinajstić information content (AvgIpc) is 2.38. The van der Waals surface area contributed by atoms with E-state index in [9.17, 15) is 5.11 Å². The van der Waals surface area contributed by atoms with Crippen molar-refractivity contribution in [1.82, 2.24) is 10.3 Å². The Labute approximate surface area is 101 Å². The van der Waals surface area contributed by atoms with Gasteiger partial charge in [0.2, 0.25) is 0 Å². The van der Waals surface area contributed by atoms with Gasteiger partial charge in [-0.3, -0.25) is 4.98 Å². The van der Waals surface area contributed by atoms with Crippen molar-refractivity contribution in [2.75, 3.05) is 0 Å². The number of para-hydroxylation sites is 1. The number of hydrogen-bond donors (Lipinski definition) is 2. The van der Waals surface area contributed by atoms with Gasteiger partial charge in [0.15, 0.2) is 0 Å². The largest absolute Gasteiger partial charge is 0.508 e. The molecule has 0 saturated carbocycles. The summed E-state index contributed by atoms with van der Waals surface area (Å²) in [4.78, 5) is 3.99. The molecule has 88 valence electrons. The van der Waals surface area contributed by atoms with Crippen molar-refractivity contribution in [2.24, 2.45) is 0 Å². The van der Waals surface area contributed by atoms with Crippen molar-refractivity contribution in [3.05, 3.63) is 59.9 Å². The summed E-state index contributed by atoms with van der Waals surface area (Å²) in [6, 6.07) is 11.6. The molecule has 0 radical (unpaired) electrons. The molecule has 1 aromatic heterocycles. The molecule has 0 amide bonds. The second kappa shape index (κ2) is 5.46. The molecule has 0 bridgehead atoms. The number of hydrogen-bond acceptors (Lipinski definition) is 3. The van der Waals surface area contributed by atoms with E-state index in [-0.39, 0.29) is 6.04 Å². The lowest BCUT2D eigenvalue weighted by Gasteiger charge is -2.14. The van der Waals surface area contributed by atoms with E-state index in [2.05, 4.69) is 17.2 Å². The van der Waals surface area contributed by atoms with Gasteiger partial charge in [0.25, 0.3) is 0 Å². The molecule has 3 heteroatoms. The predicted molar refractivity (Wildman–Crippen MR) is 67.6 cm³/mol. The number of pyridine rings is 1. The number of aromatic hydroxyl groups is 1. The monoisotopic (exact) mass is 228 g/mol. The number of aromatic nitrogens is 1. The molecule has 0 spiro atoms. The molecule has 0 saturated heterocycles. The van der Waals surface area contributed by atoms with E-state index in [0.29, 0.717) is 12.3 Å². The average molecular weight is 228 g/mol. The van der Waals surface area contributed by atoms with E-state index in [1.54, 1.807) is 18.5 Å². The van der Waals surface area contributed by atoms with Crippen molar-refractivity contribution < 1.29 is 5.11 Å². The topological polar surface area (TPSA) is 45.1 Å². The van der Waals surface area contributed by atoms with Crippen LogP contribution >= 0.6 is 0 Å². The summed E-state index contributed by atoms with van der Waals surface area (Å²) in [5.74, 6) is 0.335. The maximum absolute atomic E-state index is 9.64. The van der Waals surface area contributed by atoms with Crippen LogP contribution in [-0.4, -0.2) is 10.1 Å². The predicted octanol–water partition coefficient (Wildman–Crippen LogP) is 2.64. The number of rotatable bonds is 4. The van der Waals surface area contributed by atoms with Crippen LogP contribution in [0, 0.1) is 0 Å². The van der Waals surface area contributed by atoms with Crippen LogP contribution in [0.5, 0.6) is 5.75 Å². The highest BCUT2D eigenvalue weighted by Gasteiger charge is 2.05. The Morgan fingerprint density at radius 1 is 1.18 bits per heavy atom. The number of nitrogens with one attached hydrogen (secondary N) is 1. The van der Waals surface area contributed by atoms with Crippen LogP contribution < -0.4 is 5.32 Å². The van der Waals surface area contributed by atoms with Crippen molar-refractivity contribution in [3.63, 3.8) is 0 Å². The van der Waals surface area contributed by atoms with Crippen LogP contribution in [-0.2, 0) is 6.54 Å². The van der Waals surface area contributed by atoms with Crippen molar-refractivity contribution in [1.29, 1.82) is 0 Å². The van der Waals surface area contributed by atoms with Gasteiger partial charge in [0.1, 0.15) is 5.75 Å². The van der Waals surface area contributed by atoms with Crippen LogP contribution in [0.4, 0.5) is 0 Å². The fourth-order valence-corrected chi connectivity index (χ4v) is 1.69. The molecule has 0 aliphatic heterocycles. The third-order valence-corrected chi connectivity index (χ3v) is 2.80. The molecule has 3 nitrogen and oxygen atoms in total. The van der Waals surface area contributed by atoms with Gasteiger partial charge in [-0.25, -0.2) is 0 Å². The summed E-state index contributed by atoms with van der Waals surface area (Å²) < 4.78 is 0. The highest BCUT2D eigenvalue weighted by Crippen LogP contribution is 2.17. The number of phenolic OH excluding ortho intramolecular Hbond substituents is 1. The quantitative estimate of drug-likeness (QED) is 0.845. The zero-order valence-corrected chi connectivity index (χ0v) is 9.80. The maximum atomic E-state index is 9.64. The van der Waals surface area contributed by atoms with Crippen molar-refractivity contribution in [3.8, 4) is 5.75 Å². The first-order valence-corrected chi connectivity index (χ1v) is 5.67. The van der Waals surface area contributed by atoms with Gasteiger partial charge in [-0.15, -0.1) is 0 Å². The van der Waals surface area contributed by atoms with Crippen LogP contribution in [0.15, 0.2) is 48.8 Å². The molecule has 0 aliphatic rings. The normalized spacial score (nSPS) is 12.3. The van der Waals surface area contributed by atoms with E-state index >= 15 is 0 Å². The molecule has 1 aromatic carbocycles. The Morgan fingerprint density at radius 2 is 1.88 bits per heavy atom. The summed E-state index contributed by atoms with van der Waals surface area (Å²) >= 11 is 0. The number of phenols is 1. The van der Waals surface area contributed by atoms with Crippen molar-refractivity contribution >= 4 is 0 Å². The molecule has 1 heterocycles. The lowest BCUT2D eigenvalue weighted by Crippen LogP contribution is -2.18. The standard InChI is InChI=1S/C14H16N2O/c1-11(12-6-8-15-9-7-12)16-10-13-4-2-3-5-14(13)17/h2-9,11,16-17H,10H2,1H3/t11-/m0/s1. The third kappa shape index (κ3) is 3.04. The smallest absolute Gasteiger partial charge is 0.120 e. The maximum Gasteiger partial charge on any atom is 0.120 e. The zero-order valence-electron chi connectivity index (χ0n) is 9.80. The minimum atomic E-state index is 0.234. The second-order valence-electron chi connectivity index (χ2n) is 4.01. The summed E-state index contributed by atoms with van der Waals surface area (Å²) in [6.07, 6.45) is 3.57. The fourth-order valence-electron chi connectivity index (χ4n) is 1.69. The first-order valence-electron chi connectivity index (χ1n) is 5.67.